The second-order valence-corrected chi connectivity index (χ2v) is 5.00. The van der Waals surface area contributed by atoms with E-state index in [0.29, 0.717) is 0 Å². The van der Waals surface area contributed by atoms with E-state index in [-0.39, 0.29) is 5.78 Å². The van der Waals surface area contributed by atoms with E-state index in [4.69, 9.17) is 0 Å². The Hall–Kier alpha value is -2.48. The molecule has 1 aromatic heterocycles. The lowest BCUT2D eigenvalue weighted by atomic mass is 10.1. The van der Waals surface area contributed by atoms with Gasteiger partial charge in [-0.1, -0.05) is 42.5 Å². The number of hydrogen-bond acceptors (Lipinski definition) is 1. The zero-order valence-electron chi connectivity index (χ0n) is 11.4. The third kappa shape index (κ3) is 2.59. The SMILES string of the molecule is CC(=O)c1ccc(C[n+]2ccc3ccccc3c2)cc1. The summed E-state index contributed by atoms with van der Waals surface area (Å²) in [6.07, 6.45) is 4.23. The molecule has 0 bridgehead atoms. The summed E-state index contributed by atoms with van der Waals surface area (Å²) in [5, 5.41) is 2.48. The molecule has 0 aliphatic heterocycles. The molecular formula is C18H16NO+. The van der Waals surface area contributed by atoms with Crippen LogP contribution in [0, 0.1) is 0 Å². The predicted molar refractivity (Wildman–Crippen MR) is 79.7 cm³/mol. The van der Waals surface area contributed by atoms with Gasteiger partial charge in [0.05, 0.1) is 0 Å². The summed E-state index contributed by atoms with van der Waals surface area (Å²) in [6.45, 7) is 2.40. The number of hydrogen-bond donors (Lipinski definition) is 0. The fraction of sp³-hybridized carbons (Fsp3) is 0.111. The minimum absolute atomic E-state index is 0.106. The van der Waals surface area contributed by atoms with Gasteiger partial charge in [0.2, 0.25) is 0 Å². The maximum atomic E-state index is 11.3. The fourth-order valence-electron chi connectivity index (χ4n) is 2.33. The molecule has 0 atom stereocenters. The van der Waals surface area contributed by atoms with Crippen molar-refractivity contribution >= 4 is 16.6 Å². The molecule has 0 saturated heterocycles. The first-order valence-corrected chi connectivity index (χ1v) is 6.70. The lowest BCUT2D eigenvalue weighted by Crippen LogP contribution is -2.33. The normalized spacial score (nSPS) is 10.7. The monoisotopic (exact) mass is 262 g/mol. The Kier molecular flexibility index (Phi) is 3.30. The van der Waals surface area contributed by atoms with Crippen LogP contribution in [-0.4, -0.2) is 5.78 Å². The van der Waals surface area contributed by atoms with Gasteiger partial charge in [-0.15, -0.1) is 0 Å². The number of nitrogens with zero attached hydrogens (tertiary/aromatic N) is 1. The molecule has 1 heterocycles. The smallest absolute Gasteiger partial charge is 0.176 e. The van der Waals surface area contributed by atoms with Crippen molar-refractivity contribution in [3.63, 3.8) is 0 Å². The van der Waals surface area contributed by atoms with Gasteiger partial charge in [-0.25, -0.2) is 4.57 Å². The molecule has 0 amide bonds. The van der Waals surface area contributed by atoms with Gasteiger partial charge in [0.25, 0.3) is 0 Å². The Bertz CT molecular complexity index is 760. The van der Waals surface area contributed by atoms with Crippen molar-refractivity contribution in [3.05, 3.63) is 78.1 Å². The quantitative estimate of drug-likeness (QED) is 0.523. The highest BCUT2D eigenvalue weighted by Gasteiger charge is 2.05. The molecule has 98 valence electrons. The lowest BCUT2D eigenvalue weighted by molar-refractivity contribution is -0.687. The van der Waals surface area contributed by atoms with Gasteiger partial charge in [0.15, 0.2) is 24.7 Å². The van der Waals surface area contributed by atoms with Gasteiger partial charge < -0.3 is 0 Å². The van der Waals surface area contributed by atoms with Crippen LogP contribution in [0.3, 0.4) is 0 Å². The van der Waals surface area contributed by atoms with E-state index in [2.05, 4.69) is 35.2 Å². The summed E-state index contributed by atoms with van der Waals surface area (Å²) in [7, 11) is 0. The van der Waals surface area contributed by atoms with E-state index in [0.717, 1.165) is 12.1 Å². The molecule has 2 nitrogen and oxygen atoms in total. The summed E-state index contributed by atoms with van der Waals surface area (Å²) in [4.78, 5) is 11.3. The van der Waals surface area contributed by atoms with Crippen LogP contribution >= 0.6 is 0 Å². The van der Waals surface area contributed by atoms with Gasteiger partial charge in [-0.3, -0.25) is 4.79 Å². The van der Waals surface area contributed by atoms with Crippen LogP contribution in [0.25, 0.3) is 10.8 Å². The van der Waals surface area contributed by atoms with Crippen LogP contribution in [0.5, 0.6) is 0 Å². The molecule has 0 N–H and O–H groups in total. The van der Waals surface area contributed by atoms with Gasteiger partial charge in [0, 0.05) is 22.6 Å². The van der Waals surface area contributed by atoms with Crippen LogP contribution in [0.1, 0.15) is 22.8 Å². The van der Waals surface area contributed by atoms with Crippen LogP contribution < -0.4 is 4.57 Å². The van der Waals surface area contributed by atoms with Crippen LogP contribution in [0.4, 0.5) is 0 Å². The second-order valence-electron chi connectivity index (χ2n) is 5.00. The summed E-state index contributed by atoms with van der Waals surface area (Å²) < 4.78 is 2.16. The fourth-order valence-corrected chi connectivity index (χ4v) is 2.33. The summed E-state index contributed by atoms with van der Waals surface area (Å²) in [5.41, 5.74) is 1.95. The van der Waals surface area contributed by atoms with Crippen LogP contribution in [0.15, 0.2) is 67.0 Å². The topological polar surface area (TPSA) is 20.9 Å². The van der Waals surface area contributed by atoms with Crippen molar-refractivity contribution < 1.29 is 9.36 Å². The lowest BCUT2D eigenvalue weighted by Gasteiger charge is -2.01. The Morgan fingerprint density at radius 3 is 2.35 bits per heavy atom. The highest BCUT2D eigenvalue weighted by molar-refractivity contribution is 5.94. The first kappa shape index (κ1) is 12.5. The summed E-state index contributed by atoms with van der Waals surface area (Å²) in [6, 6.07) is 18.3. The number of fused-ring (bicyclic) bond motifs is 1. The van der Waals surface area contributed by atoms with Gasteiger partial charge in [-0.05, 0) is 18.4 Å². The first-order chi connectivity index (χ1) is 9.72. The average Bonchev–Trinajstić information content (AvgIpc) is 2.48. The third-order valence-electron chi connectivity index (χ3n) is 3.47. The predicted octanol–water partition coefficient (Wildman–Crippen LogP) is 3.38. The number of ketones is 1. The Labute approximate surface area is 118 Å². The largest absolute Gasteiger partial charge is 0.295 e. The molecule has 2 heteroatoms. The van der Waals surface area contributed by atoms with E-state index in [1.165, 1.54) is 16.3 Å². The maximum Gasteiger partial charge on any atom is 0.176 e. The van der Waals surface area contributed by atoms with Crippen molar-refractivity contribution in [2.75, 3.05) is 0 Å². The average molecular weight is 262 g/mol. The van der Waals surface area contributed by atoms with E-state index in [9.17, 15) is 4.79 Å². The molecule has 0 fully saturated rings. The first-order valence-electron chi connectivity index (χ1n) is 6.70. The van der Waals surface area contributed by atoms with Crippen molar-refractivity contribution in [2.45, 2.75) is 13.5 Å². The van der Waals surface area contributed by atoms with Crippen molar-refractivity contribution in [3.8, 4) is 0 Å². The zero-order valence-corrected chi connectivity index (χ0v) is 11.4. The molecular weight excluding hydrogens is 246 g/mol. The van der Waals surface area contributed by atoms with Gasteiger partial charge >= 0.3 is 0 Å². The number of Topliss-reactive ketones (excluding diaryl/α,β-unsaturated/α-hetero) is 1. The highest BCUT2D eigenvalue weighted by atomic mass is 16.1. The van der Waals surface area contributed by atoms with Crippen molar-refractivity contribution in [2.24, 2.45) is 0 Å². The molecule has 0 saturated carbocycles. The van der Waals surface area contributed by atoms with Crippen molar-refractivity contribution in [1.82, 2.24) is 0 Å². The molecule has 2 aromatic carbocycles. The summed E-state index contributed by atoms with van der Waals surface area (Å²) in [5.74, 6) is 0.106. The third-order valence-corrected chi connectivity index (χ3v) is 3.47. The zero-order chi connectivity index (χ0) is 13.9. The van der Waals surface area contributed by atoms with Crippen LogP contribution in [0.2, 0.25) is 0 Å². The molecule has 0 unspecified atom stereocenters. The van der Waals surface area contributed by atoms with Crippen LogP contribution in [-0.2, 0) is 6.54 Å². The standard InChI is InChI=1S/C18H16NO/c1-14(20)16-8-6-15(7-9-16)12-19-11-10-17-4-2-3-5-18(17)13-19/h2-11,13H,12H2,1H3/q+1. The number of carbonyl (C=O) groups is 1. The number of benzene rings is 2. The maximum absolute atomic E-state index is 11.3. The minimum Gasteiger partial charge on any atom is -0.295 e. The number of pyridine rings is 1. The number of aromatic nitrogens is 1. The Balaban J connectivity index is 1.87. The molecule has 0 spiro atoms. The molecule has 3 aromatic rings. The molecule has 3 rings (SSSR count). The molecule has 0 aliphatic carbocycles. The molecule has 20 heavy (non-hydrogen) atoms. The highest BCUT2D eigenvalue weighted by Crippen LogP contribution is 2.10. The van der Waals surface area contributed by atoms with Crippen molar-refractivity contribution in [1.29, 1.82) is 0 Å². The van der Waals surface area contributed by atoms with Gasteiger partial charge in [0.1, 0.15) is 0 Å². The Morgan fingerprint density at radius 2 is 1.65 bits per heavy atom. The van der Waals surface area contributed by atoms with E-state index in [1.807, 2.05) is 36.4 Å². The van der Waals surface area contributed by atoms with E-state index >= 15 is 0 Å². The second kappa shape index (κ2) is 5.25. The summed E-state index contributed by atoms with van der Waals surface area (Å²) >= 11 is 0. The molecule has 0 radical (unpaired) electrons. The van der Waals surface area contributed by atoms with Gasteiger partial charge in [-0.2, -0.15) is 0 Å². The minimum atomic E-state index is 0.106. The Morgan fingerprint density at radius 1 is 0.950 bits per heavy atom. The van der Waals surface area contributed by atoms with E-state index in [1.54, 1.807) is 6.92 Å². The number of rotatable bonds is 3. The molecule has 0 aliphatic rings. The van der Waals surface area contributed by atoms with E-state index < -0.39 is 0 Å². The number of carbonyl (C=O) groups excluding carboxylic acids is 1.